The van der Waals surface area contributed by atoms with Crippen molar-refractivity contribution in [3.8, 4) is 5.75 Å². The van der Waals surface area contributed by atoms with Gasteiger partial charge in [-0.15, -0.1) is 0 Å². The van der Waals surface area contributed by atoms with E-state index in [0.29, 0.717) is 23.1 Å². The van der Waals surface area contributed by atoms with Crippen LogP contribution in [0.25, 0.3) is 10.9 Å². The summed E-state index contributed by atoms with van der Waals surface area (Å²) in [5.41, 5.74) is 2.18. The Morgan fingerprint density at radius 3 is 2.77 bits per heavy atom. The van der Waals surface area contributed by atoms with Crippen molar-refractivity contribution in [3.63, 3.8) is 0 Å². The van der Waals surface area contributed by atoms with Gasteiger partial charge in [-0.1, -0.05) is 0 Å². The number of piperidine rings is 1. The van der Waals surface area contributed by atoms with Gasteiger partial charge in [0.2, 0.25) is 5.95 Å². The monoisotopic (exact) mass is 409 g/mol. The minimum Gasteiger partial charge on any atom is -0.488 e. The van der Waals surface area contributed by atoms with Gasteiger partial charge in [0.15, 0.2) is 0 Å². The molecule has 6 nitrogen and oxygen atoms in total. The minimum atomic E-state index is -0.225. The first-order chi connectivity index (χ1) is 14.5. The van der Waals surface area contributed by atoms with E-state index in [9.17, 15) is 4.39 Å². The van der Waals surface area contributed by atoms with Crippen LogP contribution in [0.2, 0.25) is 0 Å². The number of aryl methyl sites for hydroxylation is 2. The minimum absolute atomic E-state index is 0.0667. The number of pyridine rings is 1. The zero-order valence-electron chi connectivity index (χ0n) is 17.7. The Bertz CT molecular complexity index is 1010. The van der Waals surface area contributed by atoms with Crippen LogP contribution in [-0.4, -0.2) is 46.7 Å². The van der Waals surface area contributed by atoms with Gasteiger partial charge in [-0.25, -0.2) is 14.4 Å². The summed E-state index contributed by atoms with van der Waals surface area (Å²) >= 11 is 0. The lowest BCUT2D eigenvalue weighted by Crippen LogP contribution is -2.45. The van der Waals surface area contributed by atoms with Crippen molar-refractivity contribution in [3.05, 3.63) is 53.7 Å². The third-order valence-corrected chi connectivity index (χ3v) is 5.60. The van der Waals surface area contributed by atoms with Crippen LogP contribution < -0.4 is 15.0 Å². The van der Waals surface area contributed by atoms with Gasteiger partial charge in [0, 0.05) is 43.3 Å². The second kappa shape index (κ2) is 8.92. The molecule has 0 amide bonds. The summed E-state index contributed by atoms with van der Waals surface area (Å²) in [5.74, 6) is 1.25. The first kappa shape index (κ1) is 20.5. The number of anilines is 1. The average Bonchev–Trinajstić information content (AvgIpc) is 2.75. The summed E-state index contributed by atoms with van der Waals surface area (Å²) in [5, 5.41) is 4.52. The number of halogens is 1. The van der Waals surface area contributed by atoms with Crippen molar-refractivity contribution in [1.29, 1.82) is 0 Å². The molecule has 3 aromatic rings. The Balaban J connectivity index is 1.32. The van der Waals surface area contributed by atoms with Gasteiger partial charge < -0.3 is 15.0 Å². The van der Waals surface area contributed by atoms with Crippen molar-refractivity contribution < 1.29 is 9.13 Å². The molecule has 0 saturated carbocycles. The maximum atomic E-state index is 14.0. The molecule has 1 unspecified atom stereocenters. The molecular formula is C23H28FN5O. The Morgan fingerprint density at radius 2 is 2.03 bits per heavy atom. The van der Waals surface area contributed by atoms with Gasteiger partial charge in [-0.2, -0.15) is 0 Å². The largest absolute Gasteiger partial charge is 0.488 e. The van der Waals surface area contributed by atoms with Crippen LogP contribution in [0.1, 0.15) is 31.0 Å². The van der Waals surface area contributed by atoms with Crippen molar-refractivity contribution >= 4 is 16.9 Å². The quantitative estimate of drug-likeness (QED) is 0.668. The highest BCUT2D eigenvalue weighted by molar-refractivity contribution is 5.82. The number of nitrogens with zero attached hydrogens (tertiary/aromatic N) is 4. The van der Waals surface area contributed by atoms with Crippen molar-refractivity contribution in [2.45, 2.75) is 45.8 Å². The molecule has 3 heterocycles. The van der Waals surface area contributed by atoms with E-state index in [1.54, 1.807) is 19.3 Å². The van der Waals surface area contributed by atoms with E-state index in [0.717, 1.165) is 49.3 Å². The summed E-state index contributed by atoms with van der Waals surface area (Å²) in [7, 11) is 0. The fourth-order valence-corrected chi connectivity index (χ4v) is 3.84. The predicted molar refractivity (Wildman–Crippen MR) is 117 cm³/mol. The van der Waals surface area contributed by atoms with Crippen LogP contribution in [-0.2, 0) is 0 Å². The lowest BCUT2D eigenvalue weighted by atomic mass is 10.1. The molecule has 1 atom stereocenters. The average molecular weight is 410 g/mol. The zero-order valence-corrected chi connectivity index (χ0v) is 17.7. The smallest absolute Gasteiger partial charge is 0.226 e. The molecule has 1 fully saturated rings. The molecule has 1 aliphatic rings. The van der Waals surface area contributed by atoms with Crippen LogP contribution in [0.15, 0.2) is 36.7 Å². The standard InChI is InChI=1S/C23H28FN5O/c1-15-11-20-17(3)27-23(28-22(20)12-21(15)24)29-9-6-18(7-10-29)26-13-16(2)30-19-5-4-8-25-14-19/h4-5,8,11-12,14,16,18,26H,6-7,9-10,13H2,1-3H3. The summed E-state index contributed by atoms with van der Waals surface area (Å²) in [6.07, 6.45) is 5.54. The topological polar surface area (TPSA) is 63.2 Å². The number of rotatable bonds is 6. The SMILES string of the molecule is Cc1cc2c(C)nc(N3CCC(NCC(C)Oc4cccnc4)CC3)nc2cc1F. The molecule has 7 heteroatoms. The van der Waals surface area contributed by atoms with E-state index >= 15 is 0 Å². The second-order valence-corrected chi connectivity index (χ2v) is 8.01. The Kier molecular flexibility index (Phi) is 6.08. The van der Waals surface area contributed by atoms with Crippen LogP contribution in [0, 0.1) is 19.7 Å². The number of nitrogens with one attached hydrogen (secondary N) is 1. The molecule has 0 radical (unpaired) electrons. The number of benzene rings is 1. The molecule has 0 bridgehead atoms. The summed E-state index contributed by atoms with van der Waals surface area (Å²) in [4.78, 5) is 15.6. The highest BCUT2D eigenvalue weighted by Gasteiger charge is 2.22. The molecule has 30 heavy (non-hydrogen) atoms. The number of hydrogen-bond donors (Lipinski definition) is 1. The molecule has 4 rings (SSSR count). The maximum Gasteiger partial charge on any atom is 0.226 e. The predicted octanol–water partition coefficient (Wildman–Crippen LogP) is 3.81. The Morgan fingerprint density at radius 1 is 1.23 bits per heavy atom. The van der Waals surface area contributed by atoms with Gasteiger partial charge in [-0.05, 0) is 57.4 Å². The molecule has 1 saturated heterocycles. The highest BCUT2D eigenvalue weighted by atomic mass is 19.1. The molecular weight excluding hydrogens is 381 g/mol. The van der Waals surface area contributed by atoms with E-state index in [-0.39, 0.29) is 11.9 Å². The Hall–Kier alpha value is -2.80. The van der Waals surface area contributed by atoms with Crippen LogP contribution in [0.3, 0.4) is 0 Å². The maximum absolute atomic E-state index is 14.0. The summed E-state index contributed by atoms with van der Waals surface area (Å²) < 4.78 is 19.9. The van der Waals surface area contributed by atoms with E-state index in [1.807, 2.05) is 25.1 Å². The van der Waals surface area contributed by atoms with Gasteiger partial charge in [-0.3, -0.25) is 4.98 Å². The lowest BCUT2D eigenvalue weighted by molar-refractivity contribution is 0.207. The third-order valence-electron chi connectivity index (χ3n) is 5.60. The third kappa shape index (κ3) is 4.67. The molecule has 1 N–H and O–H groups in total. The number of aromatic nitrogens is 3. The molecule has 0 spiro atoms. The van der Waals surface area contributed by atoms with Crippen LogP contribution >= 0.6 is 0 Å². The van der Waals surface area contributed by atoms with Gasteiger partial charge in [0.05, 0.1) is 17.4 Å². The van der Waals surface area contributed by atoms with E-state index in [4.69, 9.17) is 4.74 Å². The van der Waals surface area contributed by atoms with E-state index < -0.39 is 0 Å². The van der Waals surface area contributed by atoms with Crippen molar-refractivity contribution in [2.24, 2.45) is 0 Å². The van der Waals surface area contributed by atoms with Crippen LogP contribution in [0.5, 0.6) is 5.75 Å². The summed E-state index contributed by atoms with van der Waals surface area (Å²) in [6, 6.07) is 7.57. The lowest BCUT2D eigenvalue weighted by Gasteiger charge is -2.33. The molecule has 2 aromatic heterocycles. The van der Waals surface area contributed by atoms with Crippen molar-refractivity contribution in [2.75, 3.05) is 24.5 Å². The van der Waals surface area contributed by atoms with Gasteiger partial charge in [0.25, 0.3) is 0 Å². The van der Waals surface area contributed by atoms with E-state index in [2.05, 4.69) is 32.1 Å². The Labute approximate surface area is 176 Å². The number of hydrogen-bond acceptors (Lipinski definition) is 6. The normalized spacial score (nSPS) is 16.1. The first-order valence-electron chi connectivity index (χ1n) is 10.5. The molecule has 0 aliphatic carbocycles. The molecule has 158 valence electrons. The summed E-state index contributed by atoms with van der Waals surface area (Å²) in [6.45, 7) is 8.31. The van der Waals surface area contributed by atoms with Gasteiger partial charge in [0.1, 0.15) is 17.7 Å². The number of ether oxygens (including phenoxy) is 1. The number of fused-ring (bicyclic) bond motifs is 1. The van der Waals surface area contributed by atoms with Crippen molar-refractivity contribution in [1.82, 2.24) is 20.3 Å². The molecule has 1 aromatic carbocycles. The zero-order chi connectivity index (χ0) is 21.1. The highest BCUT2D eigenvalue weighted by Crippen LogP contribution is 2.24. The second-order valence-electron chi connectivity index (χ2n) is 8.01. The van der Waals surface area contributed by atoms with Crippen LogP contribution in [0.4, 0.5) is 10.3 Å². The fraction of sp³-hybridized carbons (Fsp3) is 0.435. The molecule has 1 aliphatic heterocycles. The first-order valence-corrected chi connectivity index (χ1v) is 10.5. The fourth-order valence-electron chi connectivity index (χ4n) is 3.84. The van der Waals surface area contributed by atoms with Gasteiger partial charge >= 0.3 is 0 Å². The van der Waals surface area contributed by atoms with E-state index in [1.165, 1.54) is 6.07 Å².